The molecule has 5 nitrogen and oxygen atoms in total. The van der Waals surface area contributed by atoms with Crippen molar-refractivity contribution in [2.24, 2.45) is 5.92 Å². The van der Waals surface area contributed by atoms with E-state index >= 15 is 0 Å². The van der Waals surface area contributed by atoms with Crippen LogP contribution in [0.4, 0.5) is 0 Å². The summed E-state index contributed by atoms with van der Waals surface area (Å²) in [6, 6.07) is 6.16. The van der Waals surface area contributed by atoms with E-state index in [0.717, 1.165) is 36.0 Å². The first-order chi connectivity index (χ1) is 13.3. The van der Waals surface area contributed by atoms with Gasteiger partial charge in [-0.05, 0) is 44.6 Å². The third kappa shape index (κ3) is 4.08. The highest BCUT2D eigenvalue weighted by molar-refractivity contribution is 5.83. The molecule has 1 aromatic carbocycles. The van der Waals surface area contributed by atoms with Crippen molar-refractivity contribution < 1.29 is 4.79 Å². The Bertz CT molecular complexity index is 1020. The molecule has 0 saturated carbocycles. The third-order valence-corrected chi connectivity index (χ3v) is 5.27. The highest BCUT2D eigenvalue weighted by atomic mass is 16.2. The van der Waals surface area contributed by atoms with Gasteiger partial charge in [0.25, 0.3) is 5.56 Å². The summed E-state index contributed by atoms with van der Waals surface area (Å²) in [6.07, 6.45) is 6.86. The predicted molar refractivity (Wildman–Crippen MR) is 111 cm³/mol. The van der Waals surface area contributed by atoms with Crippen LogP contribution in [-0.4, -0.2) is 15.5 Å². The summed E-state index contributed by atoms with van der Waals surface area (Å²) in [5.74, 6) is -0.681. The van der Waals surface area contributed by atoms with Gasteiger partial charge in [0.2, 0.25) is 5.91 Å². The Labute approximate surface area is 165 Å². The first-order valence-corrected chi connectivity index (χ1v) is 9.94. The van der Waals surface area contributed by atoms with Gasteiger partial charge in [-0.1, -0.05) is 55.3 Å². The summed E-state index contributed by atoms with van der Waals surface area (Å²) >= 11 is 0. The van der Waals surface area contributed by atoms with Crippen LogP contribution in [0.2, 0.25) is 0 Å². The van der Waals surface area contributed by atoms with Crippen LogP contribution in [0.15, 0.2) is 39.9 Å². The molecular weight excluding hydrogens is 352 g/mol. The largest absolute Gasteiger partial charge is 0.335 e. The molecule has 0 bridgehead atoms. The van der Waals surface area contributed by atoms with Gasteiger partial charge >= 0.3 is 5.69 Å². The number of nitrogens with zero attached hydrogens (tertiary/aromatic N) is 1. The summed E-state index contributed by atoms with van der Waals surface area (Å²) in [5.41, 5.74) is 3.19. The standard InChI is InChI=1S/C23H28N2O3/c1-14(2)20-19(13-17-11-15(3)10-16(4)12-17)25(23(28)24-21(20)26)22(27)18-8-6-5-7-9-18/h6,8,10-12,14,18H,5,7,9,13H2,1-4H3,(H,24,26,28). The van der Waals surface area contributed by atoms with Crippen molar-refractivity contribution in [2.75, 3.05) is 0 Å². The van der Waals surface area contributed by atoms with Crippen molar-refractivity contribution in [1.29, 1.82) is 0 Å². The van der Waals surface area contributed by atoms with E-state index in [1.54, 1.807) is 0 Å². The van der Waals surface area contributed by atoms with Gasteiger partial charge in [-0.25, -0.2) is 9.36 Å². The van der Waals surface area contributed by atoms with Crippen molar-refractivity contribution in [3.05, 3.63) is 79.1 Å². The van der Waals surface area contributed by atoms with Gasteiger partial charge in [0.05, 0.1) is 5.92 Å². The number of hydrogen-bond acceptors (Lipinski definition) is 3. The Morgan fingerprint density at radius 1 is 1.18 bits per heavy atom. The van der Waals surface area contributed by atoms with E-state index in [1.165, 1.54) is 4.57 Å². The van der Waals surface area contributed by atoms with Crippen LogP contribution in [0.25, 0.3) is 0 Å². The van der Waals surface area contributed by atoms with Crippen molar-refractivity contribution in [3.8, 4) is 0 Å². The molecular formula is C23H28N2O3. The molecule has 0 aliphatic heterocycles. The minimum atomic E-state index is -0.641. The average Bonchev–Trinajstić information content (AvgIpc) is 2.60. The Morgan fingerprint density at radius 3 is 2.43 bits per heavy atom. The zero-order valence-corrected chi connectivity index (χ0v) is 17.0. The topological polar surface area (TPSA) is 71.9 Å². The second-order valence-electron chi connectivity index (χ2n) is 8.09. The van der Waals surface area contributed by atoms with Crippen LogP contribution >= 0.6 is 0 Å². The maximum Gasteiger partial charge on any atom is 0.335 e. The predicted octanol–water partition coefficient (Wildman–Crippen LogP) is 3.86. The van der Waals surface area contributed by atoms with Gasteiger partial charge in [-0.15, -0.1) is 0 Å². The first-order valence-electron chi connectivity index (χ1n) is 9.94. The van der Waals surface area contributed by atoms with E-state index in [4.69, 9.17) is 0 Å². The van der Waals surface area contributed by atoms with Gasteiger partial charge in [-0.2, -0.15) is 0 Å². The molecule has 3 rings (SSSR count). The van der Waals surface area contributed by atoms with Crippen LogP contribution in [-0.2, 0) is 6.42 Å². The molecule has 1 aliphatic rings. The fourth-order valence-corrected chi connectivity index (χ4v) is 4.15. The maximum absolute atomic E-state index is 13.2. The summed E-state index contributed by atoms with van der Waals surface area (Å²) in [5, 5.41) is 0. The molecule has 1 aliphatic carbocycles. The van der Waals surface area contributed by atoms with Gasteiger partial charge in [0.1, 0.15) is 0 Å². The zero-order valence-electron chi connectivity index (χ0n) is 17.0. The van der Waals surface area contributed by atoms with E-state index in [-0.39, 0.29) is 17.7 Å². The van der Waals surface area contributed by atoms with Crippen LogP contribution in [0.5, 0.6) is 0 Å². The zero-order chi connectivity index (χ0) is 20.4. The van der Waals surface area contributed by atoms with Crippen LogP contribution in [0.3, 0.4) is 0 Å². The second-order valence-corrected chi connectivity index (χ2v) is 8.09. The van der Waals surface area contributed by atoms with E-state index in [0.29, 0.717) is 17.7 Å². The van der Waals surface area contributed by atoms with Gasteiger partial charge < -0.3 is 0 Å². The fraction of sp³-hybridized carbons (Fsp3) is 0.435. The highest BCUT2D eigenvalue weighted by Gasteiger charge is 2.26. The molecule has 148 valence electrons. The van der Waals surface area contributed by atoms with E-state index in [2.05, 4.69) is 11.1 Å². The number of aromatic amines is 1. The molecule has 1 aromatic heterocycles. The van der Waals surface area contributed by atoms with E-state index in [1.807, 2.05) is 52.0 Å². The number of carbonyl (C=O) groups is 1. The summed E-state index contributed by atoms with van der Waals surface area (Å²) < 4.78 is 1.22. The second kappa shape index (κ2) is 8.13. The highest BCUT2D eigenvalue weighted by Crippen LogP contribution is 2.23. The van der Waals surface area contributed by atoms with Crippen LogP contribution in [0, 0.1) is 19.8 Å². The number of hydrogen-bond donors (Lipinski definition) is 1. The molecule has 1 N–H and O–H groups in total. The lowest BCUT2D eigenvalue weighted by atomic mass is 9.93. The number of carbonyl (C=O) groups excluding carboxylic acids is 1. The minimum Gasteiger partial charge on any atom is -0.273 e. The normalized spacial score (nSPS) is 16.5. The number of benzene rings is 1. The smallest absolute Gasteiger partial charge is 0.273 e. The molecule has 28 heavy (non-hydrogen) atoms. The molecule has 5 heteroatoms. The molecule has 1 unspecified atom stereocenters. The van der Waals surface area contributed by atoms with E-state index in [9.17, 15) is 14.4 Å². The molecule has 0 radical (unpaired) electrons. The monoisotopic (exact) mass is 380 g/mol. The molecule has 2 aromatic rings. The van der Waals surface area contributed by atoms with Crippen molar-refractivity contribution >= 4 is 5.91 Å². The number of aromatic nitrogens is 2. The van der Waals surface area contributed by atoms with Gasteiger partial charge in [-0.3, -0.25) is 14.6 Å². The Balaban J connectivity index is 2.20. The Hall–Kier alpha value is -2.69. The number of allylic oxidation sites excluding steroid dienone is 2. The van der Waals surface area contributed by atoms with Gasteiger partial charge in [0.15, 0.2) is 0 Å². The summed E-state index contributed by atoms with van der Waals surface area (Å²) in [6.45, 7) is 7.86. The lowest BCUT2D eigenvalue weighted by Gasteiger charge is -2.21. The maximum atomic E-state index is 13.2. The number of nitrogens with one attached hydrogen (secondary N) is 1. The summed E-state index contributed by atoms with van der Waals surface area (Å²) in [4.78, 5) is 40.9. The number of aryl methyl sites for hydroxylation is 2. The molecule has 0 saturated heterocycles. The Morgan fingerprint density at radius 2 is 1.86 bits per heavy atom. The lowest BCUT2D eigenvalue weighted by Crippen LogP contribution is -2.41. The molecule has 0 amide bonds. The van der Waals surface area contributed by atoms with Crippen molar-refractivity contribution in [1.82, 2.24) is 9.55 Å². The van der Waals surface area contributed by atoms with Crippen LogP contribution < -0.4 is 11.2 Å². The third-order valence-electron chi connectivity index (χ3n) is 5.27. The van der Waals surface area contributed by atoms with Crippen molar-refractivity contribution in [3.63, 3.8) is 0 Å². The summed E-state index contributed by atoms with van der Waals surface area (Å²) in [7, 11) is 0. The first kappa shape index (κ1) is 20.1. The fourth-order valence-electron chi connectivity index (χ4n) is 4.15. The molecule has 1 atom stereocenters. The SMILES string of the molecule is Cc1cc(C)cc(Cc2c(C(C)C)c(=O)[nH]c(=O)n2C(=O)C2C=CCCC2)c1. The van der Waals surface area contributed by atoms with E-state index < -0.39 is 11.2 Å². The van der Waals surface area contributed by atoms with Crippen molar-refractivity contribution in [2.45, 2.75) is 59.3 Å². The molecule has 0 spiro atoms. The molecule has 1 heterocycles. The van der Waals surface area contributed by atoms with Crippen LogP contribution in [0.1, 0.15) is 71.8 Å². The average molecular weight is 380 g/mol. The number of H-pyrrole nitrogens is 1. The van der Waals surface area contributed by atoms with Gasteiger partial charge in [0, 0.05) is 17.7 Å². The lowest BCUT2D eigenvalue weighted by molar-refractivity contribution is 0.0842. The number of rotatable bonds is 4. The quantitative estimate of drug-likeness (QED) is 0.819. The molecule has 0 fully saturated rings. The minimum absolute atomic E-state index is 0.105. The Kier molecular flexibility index (Phi) is 5.82.